The minimum atomic E-state index is -4.35. The van der Waals surface area contributed by atoms with Gasteiger partial charge in [0.15, 0.2) is 0 Å². The van der Waals surface area contributed by atoms with Gasteiger partial charge in [0.1, 0.15) is 5.82 Å². The Labute approximate surface area is 119 Å². The number of imidazole rings is 1. The molecule has 1 N–H and O–H groups in total. The minimum Gasteiger partial charge on any atom is -0.338 e. The van der Waals surface area contributed by atoms with E-state index in [0.29, 0.717) is 16.9 Å². The highest BCUT2D eigenvalue weighted by Crippen LogP contribution is 2.32. The summed E-state index contributed by atoms with van der Waals surface area (Å²) < 4.78 is 38.2. The van der Waals surface area contributed by atoms with Gasteiger partial charge in [-0.05, 0) is 30.2 Å². The summed E-state index contributed by atoms with van der Waals surface area (Å²) in [4.78, 5) is 7.38. The number of rotatable bonds is 2. The standard InChI is InChI=1S/C16H13F3N2/c1-2-10-5-3-4-6-12(10)15-20-13-8-7-11(16(17,18)19)9-14(13)21-15/h3-9H,2H2,1H3,(H,20,21). The van der Waals surface area contributed by atoms with Gasteiger partial charge in [0.2, 0.25) is 0 Å². The number of H-pyrrole nitrogens is 1. The molecule has 3 rings (SSSR count). The fraction of sp³-hybridized carbons (Fsp3) is 0.188. The van der Waals surface area contributed by atoms with E-state index in [4.69, 9.17) is 0 Å². The highest BCUT2D eigenvalue weighted by Gasteiger charge is 2.30. The van der Waals surface area contributed by atoms with E-state index in [1.54, 1.807) is 0 Å². The van der Waals surface area contributed by atoms with Gasteiger partial charge in [-0.3, -0.25) is 0 Å². The van der Waals surface area contributed by atoms with Gasteiger partial charge >= 0.3 is 6.18 Å². The molecule has 0 amide bonds. The van der Waals surface area contributed by atoms with E-state index in [1.165, 1.54) is 6.07 Å². The second kappa shape index (κ2) is 4.91. The molecule has 0 saturated heterocycles. The van der Waals surface area contributed by atoms with Crippen molar-refractivity contribution in [3.8, 4) is 11.4 Å². The van der Waals surface area contributed by atoms with Gasteiger partial charge in [-0.1, -0.05) is 31.2 Å². The molecular weight excluding hydrogens is 277 g/mol. The van der Waals surface area contributed by atoms with Crippen molar-refractivity contribution in [3.05, 3.63) is 53.6 Å². The summed E-state index contributed by atoms with van der Waals surface area (Å²) in [5, 5.41) is 0. The zero-order valence-electron chi connectivity index (χ0n) is 11.3. The number of hydrogen-bond acceptors (Lipinski definition) is 1. The number of alkyl halides is 3. The number of benzene rings is 2. The smallest absolute Gasteiger partial charge is 0.338 e. The first kappa shape index (κ1) is 13.7. The van der Waals surface area contributed by atoms with Crippen molar-refractivity contribution in [2.45, 2.75) is 19.5 Å². The average Bonchev–Trinajstić information content (AvgIpc) is 2.89. The van der Waals surface area contributed by atoms with E-state index >= 15 is 0 Å². The summed E-state index contributed by atoms with van der Waals surface area (Å²) in [5.74, 6) is 0.599. The summed E-state index contributed by atoms with van der Waals surface area (Å²) >= 11 is 0. The third kappa shape index (κ3) is 2.51. The molecule has 0 spiro atoms. The maximum atomic E-state index is 12.7. The lowest BCUT2D eigenvalue weighted by atomic mass is 10.1. The van der Waals surface area contributed by atoms with Crippen molar-refractivity contribution in [1.29, 1.82) is 0 Å². The third-order valence-electron chi connectivity index (χ3n) is 3.46. The minimum absolute atomic E-state index is 0.394. The predicted octanol–water partition coefficient (Wildman–Crippen LogP) is 4.81. The molecule has 1 aromatic heterocycles. The molecule has 0 atom stereocenters. The van der Waals surface area contributed by atoms with Crippen molar-refractivity contribution < 1.29 is 13.2 Å². The second-order valence-corrected chi connectivity index (χ2v) is 4.83. The fourth-order valence-corrected chi connectivity index (χ4v) is 2.37. The molecule has 108 valence electrons. The lowest BCUT2D eigenvalue weighted by Crippen LogP contribution is -2.04. The van der Waals surface area contributed by atoms with Crippen LogP contribution < -0.4 is 0 Å². The lowest BCUT2D eigenvalue weighted by Gasteiger charge is -2.05. The van der Waals surface area contributed by atoms with E-state index in [9.17, 15) is 13.2 Å². The Morgan fingerprint density at radius 3 is 2.57 bits per heavy atom. The van der Waals surface area contributed by atoms with Crippen molar-refractivity contribution in [2.75, 3.05) is 0 Å². The van der Waals surface area contributed by atoms with Crippen LogP contribution in [0, 0.1) is 0 Å². The Hall–Kier alpha value is -2.30. The fourth-order valence-electron chi connectivity index (χ4n) is 2.37. The van der Waals surface area contributed by atoms with E-state index in [-0.39, 0.29) is 0 Å². The first-order chi connectivity index (χ1) is 9.99. The molecule has 2 aromatic carbocycles. The summed E-state index contributed by atoms with van der Waals surface area (Å²) in [5.41, 5.74) is 2.28. The number of halogens is 3. The molecule has 0 bridgehead atoms. The van der Waals surface area contributed by atoms with Crippen molar-refractivity contribution in [1.82, 2.24) is 9.97 Å². The maximum absolute atomic E-state index is 12.7. The van der Waals surface area contributed by atoms with Gasteiger partial charge in [0.05, 0.1) is 16.6 Å². The Balaban J connectivity index is 2.13. The van der Waals surface area contributed by atoms with Crippen molar-refractivity contribution in [2.24, 2.45) is 0 Å². The molecule has 5 heteroatoms. The van der Waals surface area contributed by atoms with Crippen LogP contribution in [0.25, 0.3) is 22.4 Å². The van der Waals surface area contributed by atoms with Gasteiger partial charge < -0.3 is 4.98 Å². The van der Waals surface area contributed by atoms with Gasteiger partial charge in [-0.15, -0.1) is 0 Å². The second-order valence-electron chi connectivity index (χ2n) is 4.83. The SMILES string of the molecule is CCc1ccccc1-c1nc2ccc(C(F)(F)F)cc2[nH]1. The van der Waals surface area contributed by atoms with Crippen LogP contribution in [0.1, 0.15) is 18.1 Å². The lowest BCUT2D eigenvalue weighted by molar-refractivity contribution is -0.137. The molecule has 3 aromatic rings. The van der Waals surface area contributed by atoms with Gasteiger partial charge in [0.25, 0.3) is 0 Å². The quantitative estimate of drug-likeness (QED) is 0.720. The molecule has 0 radical (unpaired) electrons. The van der Waals surface area contributed by atoms with Crippen LogP contribution in [0.15, 0.2) is 42.5 Å². The van der Waals surface area contributed by atoms with E-state index in [0.717, 1.165) is 29.7 Å². The highest BCUT2D eigenvalue weighted by molar-refractivity contribution is 5.80. The average molecular weight is 290 g/mol. The third-order valence-corrected chi connectivity index (χ3v) is 3.46. The predicted molar refractivity (Wildman–Crippen MR) is 75.9 cm³/mol. The Morgan fingerprint density at radius 2 is 1.86 bits per heavy atom. The summed E-state index contributed by atoms with van der Waals surface area (Å²) in [6, 6.07) is 11.3. The zero-order valence-corrected chi connectivity index (χ0v) is 11.3. The zero-order chi connectivity index (χ0) is 15.0. The molecule has 0 aliphatic heterocycles. The van der Waals surface area contributed by atoms with E-state index < -0.39 is 11.7 Å². The molecule has 21 heavy (non-hydrogen) atoms. The normalized spacial score (nSPS) is 12.0. The summed E-state index contributed by atoms with van der Waals surface area (Å²) in [6.45, 7) is 2.03. The number of aromatic nitrogens is 2. The van der Waals surface area contributed by atoms with E-state index in [1.807, 2.05) is 31.2 Å². The van der Waals surface area contributed by atoms with Crippen LogP contribution in [0.2, 0.25) is 0 Å². The number of hydrogen-bond donors (Lipinski definition) is 1. The largest absolute Gasteiger partial charge is 0.416 e. The number of fused-ring (bicyclic) bond motifs is 1. The van der Waals surface area contributed by atoms with Crippen molar-refractivity contribution in [3.63, 3.8) is 0 Å². The Kier molecular flexibility index (Phi) is 3.20. The first-order valence-corrected chi connectivity index (χ1v) is 6.64. The van der Waals surface area contributed by atoms with Crippen LogP contribution in [-0.4, -0.2) is 9.97 Å². The van der Waals surface area contributed by atoms with E-state index in [2.05, 4.69) is 9.97 Å². The number of aryl methyl sites for hydroxylation is 1. The van der Waals surface area contributed by atoms with Crippen LogP contribution in [0.4, 0.5) is 13.2 Å². The monoisotopic (exact) mass is 290 g/mol. The molecule has 0 aliphatic carbocycles. The maximum Gasteiger partial charge on any atom is 0.416 e. The summed E-state index contributed by atoms with van der Waals surface area (Å²) in [7, 11) is 0. The molecule has 0 fully saturated rings. The Morgan fingerprint density at radius 1 is 1.10 bits per heavy atom. The molecule has 0 aliphatic rings. The van der Waals surface area contributed by atoms with Crippen molar-refractivity contribution >= 4 is 11.0 Å². The molecule has 2 nitrogen and oxygen atoms in total. The highest BCUT2D eigenvalue weighted by atomic mass is 19.4. The molecular formula is C16H13F3N2. The van der Waals surface area contributed by atoms with Gasteiger partial charge in [0, 0.05) is 5.56 Å². The van der Waals surface area contributed by atoms with Crippen LogP contribution in [0.3, 0.4) is 0 Å². The van der Waals surface area contributed by atoms with Gasteiger partial charge in [-0.2, -0.15) is 13.2 Å². The first-order valence-electron chi connectivity index (χ1n) is 6.64. The van der Waals surface area contributed by atoms with Crippen LogP contribution in [-0.2, 0) is 12.6 Å². The summed E-state index contributed by atoms with van der Waals surface area (Å²) in [6.07, 6.45) is -3.51. The number of aromatic amines is 1. The topological polar surface area (TPSA) is 28.7 Å². The number of nitrogens with zero attached hydrogens (tertiary/aromatic N) is 1. The van der Waals surface area contributed by atoms with Gasteiger partial charge in [-0.25, -0.2) is 4.98 Å². The molecule has 0 unspecified atom stereocenters. The van der Waals surface area contributed by atoms with Crippen LogP contribution >= 0.6 is 0 Å². The molecule has 1 heterocycles. The van der Waals surface area contributed by atoms with Crippen LogP contribution in [0.5, 0.6) is 0 Å². The molecule has 0 saturated carbocycles. The Bertz CT molecular complexity index is 788. The number of nitrogens with one attached hydrogen (secondary N) is 1.